The van der Waals surface area contributed by atoms with E-state index in [9.17, 15) is 14.0 Å². The van der Waals surface area contributed by atoms with Crippen LogP contribution in [0.25, 0.3) is 0 Å². The number of nitrogens with one attached hydrogen (secondary N) is 1. The Hall–Kier alpha value is -2.38. The second-order valence-electron chi connectivity index (χ2n) is 5.86. The van der Waals surface area contributed by atoms with Gasteiger partial charge in [0.1, 0.15) is 11.6 Å². The van der Waals surface area contributed by atoms with Crippen molar-refractivity contribution in [3.05, 3.63) is 69.6 Å². The van der Waals surface area contributed by atoms with Crippen molar-refractivity contribution in [2.24, 2.45) is 0 Å². The van der Waals surface area contributed by atoms with E-state index in [0.29, 0.717) is 26.5 Å². The number of halogens is 3. The van der Waals surface area contributed by atoms with Crippen LogP contribution >= 0.6 is 27.5 Å². The molecule has 3 rings (SSSR count). The summed E-state index contributed by atoms with van der Waals surface area (Å²) in [5.74, 6) is -0.0815. The Morgan fingerprint density at radius 1 is 1.33 bits per heavy atom. The normalized spacial score (nSPS) is 16.4. The highest BCUT2D eigenvalue weighted by molar-refractivity contribution is 9.10. The van der Waals surface area contributed by atoms with E-state index in [4.69, 9.17) is 16.3 Å². The van der Waals surface area contributed by atoms with E-state index in [1.165, 1.54) is 36.4 Å². The van der Waals surface area contributed by atoms with Crippen LogP contribution in [0.3, 0.4) is 0 Å². The molecule has 5 nitrogen and oxygen atoms in total. The van der Waals surface area contributed by atoms with E-state index in [-0.39, 0.29) is 18.0 Å². The maximum Gasteiger partial charge on any atom is 0.326 e. The van der Waals surface area contributed by atoms with E-state index in [1.54, 1.807) is 24.3 Å². The van der Waals surface area contributed by atoms with Gasteiger partial charge in [-0.2, -0.15) is 0 Å². The summed E-state index contributed by atoms with van der Waals surface area (Å²) in [6.45, 7) is 0. The first kappa shape index (κ1) is 19.4. The van der Waals surface area contributed by atoms with Gasteiger partial charge in [0, 0.05) is 23.2 Å². The highest BCUT2D eigenvalue weighted by Crippen LogP contribution is 2.35. The molecule has 0 saturated heterocycles. The Labute approximate surface area is 168 Å². The van der Waals surface area contributed by atoms with Crippen LogP contribution < -0.4 is 10.1 Å². The molecule has 8 heteroatoms. The van der Waals surface area contributed by atoms with Crippen molar-refractivity contribution in [3.8, 4) is 5.75 Å². The SMILES string of the molecule is COc1cc(NC(=O)N2C=CC(=O)C[C@H]2c2ccc(F)cc2)c(Br)cc1Cl. The average Bonchev–Trinajstić information content (AvgIpc) is 2.64. The predicted octanol–water partition coefficient (Wildman–Crippen LogP) is 5.31. The molecule has 1 N–H and O–H groups in total. The number of hydrogen-bond donors (Lipinski definition) is 1. The van der Waals surface area contributed by atoms with E-state index in [2.05, 4.69) is 21.2 Å². The third-order valence-electron chi connectivity index (χ3n) is 4.12. The summed E-state index contributed by atoms with van der Waals surface area (Å²) in [6.07, 6.45) is 2.88. The first-order valence-electron chi connectivity index (χ1n) is 7.98. The zero-order valence-electron chi connectivity index (χ0n) is 14.2. The highest BCUT2D eigenvalue weighted by Gasteiger charge is 2.29. The number of nitrogens with zero attached hydrogens (tertiary/aromatic N) is 1. The van der Waals surface area contributed by atoms with Crippen LogP contribution in [0.2, 0.25) is 5.02 Å². The maximum absolute atomic E-state index is 13.2. The van der Waals surface area contributed by atoms with Crippen LogP contribution in [0, 0.1) is 5.82 Å². The van der Waals surface area contributed by atoms with Crippen molar-refractivity contribution in [1.82, 2.24) is 4.90 Å². The minimum atomic E-state index is -0.531. The van der Waals surface area contributed by atoms with Crippen molar-refractivity contribution in [1.29, 1.82) is 0 Å². The van der Waals surface area contributed by atoms with E-state index >= 15 is 0 Å². The first-order chi connectivity index (χ1) is 12.9. The van der Waals surface area contributed by atoms with E-state index in [1.807, 2.05) is 0 Å². The van der Waals surface area contributed by atoms with Crippen LogP contribution in [0.1, 0.15) is 18.0 Å². The van der Waals surface area contributed by atoms with Gasteiger partial charge in [0.05, 0.1) is 23.9 Å². The second kappa shape index (κ2) is 8.10. The number of allylic oxidation sites excluding steroid dienone is 1. The minimum Gasteiger partial charge on any atom is -0.495 e. The lowest BCUT2D eigenvalue weighted by molar-refractivity contribution is -0.116. The molecule has 0 aromatic heterocycles. The quantitative estimate of drug-likeness (QED) is 0.685. The number of methoxy groups -OCH3 is 1. The number of carbonyl (C=O) groups excluding carboxylic acids is 2. The molecule has 0 radical (unpaired) electrons. The van der Waals surface area contributed by atoms with Gasteiger partial charge in [-0.3, -0.25) is 9.69 Å². The highest BCUT2D eigenvalue weighted by atomic mass is 79.9. The third kappa shape index (κ3) is 4.31. The summed E-state index contributed by atoms with van der Waals surface area (Å²) in [5.41, 5.74) is 1.13. The van der Waals surface area contributed by atoms with Crippen molar-refractivity contribution in [3.63, 3.8) is 0 Å². The van der Waals surface area contributed by atoms with E-state index < -0.39 is 12.1 Å². The monoisotopic (exact) mass is 452 g/mol. The van der Waals surface area contributed by atoms with Gasteiger partial charge in [0.2, 0.25) is 0 Å². The molecule has 2 aromatic rings. The molecule has 1 atom stereocenters. The van der Waals surface area contributed by atoms with Crippen LogP contribution in [-0.2, 0) is 4.79 Å². The van der Waals surface area contributed by atoms with Crippen LogP contribution in [0.15, 0.2) is 53.1 Å². The Bertz CT molecular complexity index is 918. The molecular weight excluding hydrogens is 439 g/mol. The van der Waals surface area contributed by atoms with Gasteiger partial charge in [-0.15, -0.1) is 0 Å². The fraction of sp³-hybridized carbons (Fsp3) is 0.158. The molecule has 0 spiro atoms. The molecule has 1 heterocycles. The molecule has 0 unspecified atom stereocenters. The number of benzene rings is 2. The third-order valence-corrected chi connectivity index (χ3v) is 5.08. The topological polar surface area (TPSA) is 58.6 Å². The van der Waals surface area contributed by atoms with Crippen molar-refractivity contribution < 1.29 is 18.7 Å². The lowest BCUT2D eigenvalue weighted by Crippen LogP contribution is -2.37. The largest absolute Gasteiger partial charge is 0.495 e. The van der Waals surface area contributed by atoms with Gasteiger partial charge in [-0.25, -0.2) is 9.18 Å². The predicted molar refractivity (Wildman–Crippen MR) is 104 cm³/mol. The van der Waals surface area contributed by atoms with Crippen LogP contribution in [-0.4, -0.2) is 23.8 Å². The minimum absolute atomic E-state index is 0.109. The van der Waals surface area contributed by atoms with Crippen molar-refractivity contribution in [2.45, 2.75) is 12.5 Å². The zero-order chi connectivity index (χ0) is 19.6. The average molecular weight is 454 g/mol. The number of ether oxygens (including phenoxy) is 1. The molecule has 1 aliphatic heterocycles. The Morgan fingerprint density at radius 2 is 2.04 bits per heavy atom. The number of hydrogen-bond acceptors (Lipinski definition) is 3. The fourth-order valence-electron chi connectivity index (χ4n) is 2.76. The molecule has 27 heavy (non-hydrogen) atoms. The lowest BCUT2D eigenvalue weighted by atomic mass is 9.97. The molecule has 2 aromatic carbocycles. The van der Waals surface area contributed by atoms with Crippen molar-refractivity contribution >= 4 is 45.0 Å². The zero-order valence-corrected chi connectivity index (χ0v) is 16.6. The smallest absolute Gasteiger partial charge is 0.326 e. The molecule has 0 fully saturated rings. The van der Waals surface area contributed by atoms with Gasteiger partial charge in [0.15, 0.2) is 5.78 Å². The number of anilines is 1. The van der Waals surface area contributed by atoms with Gasteiger partial charge >= 0.3 is 6.03 Å². The van der Waals surface area contributed by atoms with Gasteiger partial charge in [-0.05, 0) is 45.8 Å². The molecule has 2 amide bonds. The summed E-state index contributed by atoms with van der Waals surface area (Å²) in [6, 6.07) is 7.96. The van der Waals surface area contributed by atoms with Gasteiger partial charge in [-0.1, -0.05) is 23.7 Å². The molecule has 140 valence electrons. The second-order valence-corrected chi connectivity index (χ2v) is 7.12. The number of ketones is 1. The number of urea groups is 1. The summed E-state index contributed by atoms with van der Waals surface area (Å²) in [7, 11) is 1.48. The summed E-state index contributed by atoms with van der Waals surface area (Å²) < 4.78 is 19.0. The van der Waals surface area contributed by atoms with Crippen molar-refractivity contribution in [2.75, 3.05) is 12.4 Å². The Balaban J connectivity index is 1.88. The Morgan fingerprint density at radius 3 is 2.70 bits per heavy atom. The molecule has 0 aliphatic carbocycles. The molecule has 0 saturated carbocycles. The number of carbonyl (C=O) groups is 2. The Kier molecular flexibility index (Phi) is 5.82. The number of amides is 2. The van der Waals surface area contributed by atoms with Crippen LogP contribution in [0.4, 0.5) is 14.9 Å². The van der Waals surface area contributed by atoms with Crippen LogP contribution in [0.5, 0.6) is 5.75 Å². The molecule has 1 aliphatic rings. The standard InChI is InChI=1S/C19H15BrClFN2O3/c1-27-18-10-16(14(20)9-15(18)21)23-19(26)24-7-6-13(25)8-17(24)11-2-4-12(22)5-3-11/h2-7,9-10,17H,8H2,1H3,(H,23,26)/t17-/m0/s1. The maximum atomic E-state index is 13.2. The first-order valence-corrected chi connectivity index (χ1v) is 9.15. The van der Waals surface area contributed by atoms with Gasteiger partial charge < -0.3 is 10.1 Å². The van der Waals surface area contributed by atoms with Gasteiger partial charge in [0.25, 0.3) is 0 Å². The van der Waals surface area contributed by atoms with E-state index in [0.717, 1.165) is 0 Å². The number of rotatable bonds is 3. The summed E-state index contributed by atoms with van der Waals surface area (Å²) in [4.78, 5) is 26.1. The molecule has 0 bridgehead atoms. The molecular formula is C19H15BrClFN2O3. The fourth-order valence-corrected chi connectivity index (χ4v) is 3.57. The lowest BCUT2D eigenvalue weighted by Gasteiger charge is -2.31. The summed E-state index contributed by atoms with van der Waals surface area (Å²) in [5, 5.41) is 3.17. The summed E-state index contributed by atoms with van der Waals surface area (Å²) >= 11 is 9.41.